The van der Waals surface area contributed by atoms with E-state index in [9.17, 15) is 9.90 Å². The van der Waals surface area contributed by atoms with Crippen molar-refractivity contribution in [2.75, 3.05) is 13.1 Å². The zero-order valence-electron chi connectivity index (χ0n) is 12.7. The molecule has 3 rings (SSSR count). The van der Waals surface area contributed by atoms with E-state index in [0.717, 1.165) is 12.2 Å². The summed E-state index contributed by atoms with van der Waals surface area (Å²) in [5.74, 6) is -0.533. The Morgan fingerprint density at radius 3 is 3.00 bits per heavy atom. The molecule has 122 valence electrons. The van der Waals surface area contributed by atoms with Crippen LogP contribution in [-0.4, -0.2) is 51.4 Å². The highest BCUT2D eigenvalue weighted by molar-refractivity contribution is 7.09. The molecule has 2 atom stereocenters. The van der Waals surface area contributed by atoms with Gasteiger partial charge >= 0.3 is 5.97 Å². The highest BCUT2D eigenvalue weighted by Crippen LogP contribution is 2.23. The van der Waals surface area contributed by atoms with Crippen LogP contribution in [0, 0.1) is 6.92 Å². The number of carbonyl (C=O) groups is 1. The summed E-state index contributed by atoms with van der Waals surface area (Å²) in [7, 11) is 0. The Morgan fingerprint density at radius 2 is 2.30 bits per heavy atom. The number of ether oxygens (including phenoxy) is 1. The molecule has 7 heteroatoms. The van der Waals surface area contributed by atoms with Gasteiger partial charge in [-0.25, -0.2) is 9.78 Å². The minimum absolute atomic E-state index is 0.173. The largest absolute Gasteiger partial charge is 0.486 e. The van der Waals surface area contributed by atoms with Crippen molar-refractivity contribution in [2.45, 2.75) is 25.7 Å². The van der Waals surface area contributed by atoms with Crippen LogP contribution in [-0.2, 0) is 6.54 Å². The molecule has 0 saturated carbocycles. The molecule has 0 spiro atoms. The summed E-state index contributed by atoms with van der Waals surface area (Å²) in [5.41, 5.74) is 3.01. The standard InChI is InChI=1S/C16H18N2O4S/c1-10-15(23-9-17-10)8-18-6-13(19)14(7-18)22-12-4-2-3-11(5-12)16(20)21/h2-5,9,13-14,19H,6-8H2,1H3,(H,20,21)/t13-,14-/m1/s1. The van der Waals surface area contributed by atoms with Gasteiger partial charge in [-0.2, -0.15) is 0 Å². The molecule has 0 radical (unpaired) electrons. The Bertz CT molecular complexity index is 703. The first-order valence-corrected chi connectivity index (χ1v) is 8.20. The van der Waals surface area contributed by atoms with E-state index in [0.29, 0.717) is 18.8 Å². The van der Waals surface area contributed by atoms with Crippen molar-refractivity contribution >= 4 is 17.3 Å². The fraction of sp³-hybridized carbons (Fsp3) is 0.375. The maximum atomic E-state index is 11.0. The van der Waals surface area contributed by atoms with Gasteiger partial charge in [0.05, 0.1) is 16.8 Å². The van der Waals surface area contributed by atoms with Crippen LogP contribution >= 0.6 is 11.3 Å². The molecule has 0 bridgehead atoms. The third kappa shape index (κ3) is 3.69. The van der Waals surface area contributed by atoms with Gasteiger partial charge in [-0.15, -0.1) is 11.3 Å². The number of nitrogens with zero attached hydrogens (tertiary/aromatic N) is 2. The topological polar surface area (TPSA) is 82.9 Å². The van der Waals surface area contributed by atoms with Crippen LogP contribution in [0.2, 0.25) is 0 Å². The number of aliphatic hydroxyl groups is 1. The monoisotopic (exact) mass is 334 g/mol. The van der Waals surface area contributed by atoms with Crippen LogP contribution in [0.25, 0.3) is 0 Å². The lowest BCUT2D eigenvalue weighted by molar-refractivity contribution is 0.0688. The molecule has 1 aromatic carbocycles. The molecule has 0 unspecified atom stereocenters. The van der Waals surface area contributed by atoms with Crippen molar-refractivity contribution in [3.8, 4) is 5.75 Å². The van der Waals surface area contributed by atoms with E-state index < -0.39 is 12.1 Å². The average molecular weight is 334 g/mol. The van der Waals surface area contributed by atoms with Gasteiger partial charge in [-0.05, 0) is 25.1 Å². The third-order valence-electron chi connectivity index (χ3n) is 3.89. The Labute approximate surface area is 138 Å². The minimum atomic E-state index is -0.996. The first kappa shape index (κ1) is 15.9. The maximum absolute atomic E-state index is 11.0. The number of rotatable bonds is 5. The number of carboxylic acids is 1. The van der Waals surface area contributed by atoms with Crippen LogP contribution in [0.15, 0.2) is 29.8 Å². The molecule has 1 fully saturated rings. The number of hydrogen-bond acceptors (Lipinski definition) is 6. The molecule has 2 aromatic rings. The molecule has 1 aliphatic rings. The van der Waals surface area contributed by atoms with Crippen molar-refractivity contribution in [1.82, 2.24) is 9.88 Å². The number of aryl methyl sites for hydroxylation is 1. The van der Waals surface area contributed by atoms with Gasteiger partial charge in [0.2, 0.25) is 0 Å². The first-order valence-electron chi connectivity index (χ1n) is 7.32. The zero-order chi connectivity index (χ0) is 16.4. The predicted octanol–water partition coefficient (Wildman–Crippen LogP) is 1.77. The number of carboxylic acid groups (broad SMARTS) is 1. The summed E-state index contributed by atoms with van der Waals surface area (Å²) >= 11 is 1.61. The van der Waals surface area contributed by atoms with E-state index in [1.807, 2.05) is 12.4 Å². The summed E-state index contributed by atoms with van der Waals surface area (Å²) in [4.78, 5) is 18.5. The lowest BCUT2D eigenvalue weighted by Gasteiger charge is -2.17. The highest BCUT2D eigenvalue weighted by atomic mass is 32.1. The van der Waals surface area contributed by atoms with Gasteiger partial charge < -0.3 is 14.9 Å². The molecule has 2 heterocycles. The van der Waals surface area contributed by atoms with Gasteiger partial charge in [-0.1, -0.05) is 6.07 Å². The Kier molecular flexibility index (Phi) is 4.61. The Hall–Kier alpha value is -1.96. The summed E-state index contributed by atoms with van der Waals surface area (Å²) in [6.07, 6.45) is -0.969. The summed E-state index contributed by atoms with van der Waals surface area (Å²) in [5, 5.41) is 19.2. The number of aromatic carboxylic acids is 1. The molecular formula is C16H18N2O4S. The van der Waals surface area contributed by atoms with E-state index in [2.05, 4.69) is 9.88 Å². The fourth-order valence-electron chi connectivity index (χ4n) is 2.64. The van der Waals surface area contributed by atoms with Crippen molar-refractivity contribution < 1.29 is 19.7 Å². The molecule has 6 nitrogen and oxygen atoms in total. The highest BCUT2D eigenvalue weighted by Gasteiger charge is 2.33. The Morgan fingerprint density at radius 1 is 1.48 bits per heavy atom. The summed E-state index contributed by atoms with van der Waals surface area (Å²) in [6, 6.07) is 6.33. The van der Waals surface area contributed by atoms with E-state index >= 15 is 0 Å². The van der Waals surface area contributed by atoms with Crippen molar-refractivity contribution in [1.29, 1.82) is 0 Å². The molecule has 1 aromatic heterocycles. The molecule has 0 amide bonds. The zero-order valence-corrected chi connectivity index (χ0v) is 13.5. The van der Waals surface area contributed by atoms with E-state index in [1.54, 1.807) is 23.5 Å². The number of hydrogen-bond donors (Lipinski definition) is 2. The SMILES string of the molecule is Cc1ncsc1CN1C[C@@H](O)[C@H](Oc2cccc(C(=O)O)c2)C1. The van der Waals surface area contributed by atoms with Crippen LogP contribution < -0.4 is 4.74 Å². The molecule has 0 aliphatic carbocycles. The number of thiazole rings is 1. The first-order chi connectivity index (χ1) is 11.0. The fourth-order valence-corrected chi connectivity index (χ4v) is 3.45. The number of β-amino-alcohol motifs (C(OH)–C–C–N with tert-alkyl or cyclic N) is 1. The Balaban J connectivity index is 1.64. The van der Waals surface area contributed by atoms with Gasteiger partial charge in [0, 0.05) is 24.5 Å². The van der Waals surface area contributed by atoms with E-state index in [1.165, 1.54) is 17.0 Å². The van der Waals surface area contributed by atoms with Crippen LogP contribution in [0.5, 0.6) is 5.75 Å². The van der Waals surface area contributed by atoms with Gasteiger partial charge in [0.1, 0.15) is 18.0 Å². The second-order valence-corrected chi connectivity index (χ2v) is 6.55. The van der Waals surface area contributed by atoms with Crippen molar-refractivity contribution in [3.63, 3.8) is 0 Å². The quantitative estimate of drug-likeness (QED) is 0.867. The number of aliphatic hydroxyl groups excluding tert-OH is 1. The van der Waals surface area contributed by atoms with Gasteiger partial charge in [0.15, 0.2) is 0 Å². The normalized spacial score (nSPS) is 21.5. The molecular weight excluding hydrogens is 316 g/mol. The van der Waals surface area contributed by atoms with Crippen LogP contribution in [0.4, 0.5) is 0 Å². The second-order valence-electron chi connectivity index (χ2n) is 5.61. The van der Waals surface area contributed by atoms with Crippen molar-refractivity contribution in [3.05, 3.63) is 45.9 Å². The predicted molar refractivity (Wildman–Crippen MR) is 86.0 cm³/mol. The van der Waals surface area contributed by atoms with Crippen molar-refractivity contribution in [2.24, 2.45) is 0 Å². The average Bonchev–Trinajstić information content (AvgIpc) is 3.06. The summed E-state index contributed by atoms with van der Waals surface area (Å²) in [6.45, 7) is 3.84. The number of benzene rings is 1. The van der Waals surface area contributed by atoms with E-state index in [4.69, 9.17) is 9.84 Å². The van der Waals surface area contributed by atoms with Gasteiger partial charge in [-0.3, -0.25) is 4.90 Å². The molecule has 23 heavy (non-hydrogen) atoms. The maximum Gasteiger partial charge on any atom is 0.335 e. The van der Waals surface area contributed by atoms with Gasteiger partial charge in [0.25, 0.3) is 0 Å². The molecule has 1 aliphatic heterocycles. The summed E-state index contributed by atoms with van der Waals surface area (Å²) < 4.78 is 5.79. The minimum Gasteiger partial charge on any atom is -0.486 e. The number of aromatic nitrogens is 1. The lowest BCUT2D eigenvalue weighted by atomic mass is 10.2. The smallest absolute Gasteiger partial charge is 0.335 e. The second kappa shape index (κ2) is 6.66. The number of likely N-dealkylation sites (tertiary alicyclic amines) is 1. The lowest BCUT2D eigenvalue weighted by Crippen LogP contribution is -2.30. The molecule has 1 saturated heterocycles. The van der Waals surface area contributed by atoms with Crippen LogP contribution in [0.1, 0.15) is 20.9 Å². The van der Waals surface area contributed by atoms with Crippen LogP contribution in [0.3, 0.4) is 0 Å². The third-order valence-corrected chi connectivity index (χ3v) is 4.81. The van der Waals surface area contributed by atoms with E-state index in [-0.39, 0.29) is 11.7 Å². The molecule has 2 N–H and O–H groups in total.